The zero-order valence-corrected chi connectivity index (χ0v) is 41.8. The van der Waals surface area contributed by atoms with Crippen LogP contribution >= 0.6 is 35.3 Å². The van der Waals surface area contributed by atoms with E-state index >= 15 is 0 Å². The summed E-state index contributed by atoms with van der Waals surface area (Å²) in [5, 5.41) is 0. The third-order valence-corrected chi connectivity index (χ3v) is 20.4. The van der Waals surface area contributed by atoms with Crippen molar-refractivity contribution in [3.05, 3.63) is 0 Å². The molecule has 0 aromatic rings. The maximum absolute atomic E-state index is 13.4. The van der Waals surface area contributed by atoms with E-state index in [1.807, 2.05) is 0 Å². The van der Waals surface area contributed by atoms with Gasteiger partial charge in [-0.25, -0.2) is 0 Å². The third kappa shape index (κ3) is 39.5. The van der Waals surface area contributed by atoms with Gasteiger partial charge >= 0.3 is 341 Å². The minimum Gasteiger partial charge on any atom is -0.0654 e. The second kappa shape index (κ2) is 43.8. The number of unbranched alkanes of at least 4 members (excludes halogenated alkanes) is 27. The molecule has 0 atom stereocenters. The van der Waals surface area contributed by atoms with Gasteiger partial charge in [0.05, 0.1) is 0 Å². The van der Waals surface area contributed by atoms with Crippen molar-refractivity contribution >= 4 is 72.8 Å². The summed E-state index contributed by atoms with van der Waals surface area (Å²) in [7, 11) is 0. The predicted octanol–water partition coefficient (Wildman–Crippen LogP) is 14.9. The van der Waals surface area contributed by atoms with E-state index in [0.717, 1.165) is 55.8 Å². The molecule has 0 bridgehead atoms. The van der Waals surface area contributed by atoms with E-state index in [0.29, 0.717) is 4.44 Å². The van der Waals surface area contributed by atoms with Gasteiger partial charge in [0.2, 0.25) is 0 Å². The van der Waals surface area contributed by atoms with Gasteiger partial charge in [0.15, 0.2) is 0 Å². The van der Waals surface area contributed by atoms with Crippen molar-refractivity contribution < 1.29 is 23.6 Å². The average molecular weight is 940 g/mol. The van der Waals surface area contributed by atoms with Crippen LogP contribution in [0.4, 0.5) is 0 Å². The van der Waals surface area contributed by atoms with Gasteiger partial charge in [-0.3, -0.25) is 0 Å². The first kappa shape index (κ1) is 55.3. The Morgan fingerprint density at radius 3 is 0.800 bits per heavy atom. The second-order valence-corrected chi connectivity index (χ2v) is 25.9. The topological polar surface area (TPSA) is 78.9 Å². The van der Waals surface area contributed by atoms with Crippen molar-refractivity contribution in [2.75, 3.05) is 34.5 Å². The van der Waals surface area contributed by atoms with Crippen molar-refractivity contribution in [3.8, 4) is 0 Å². The fraction of sp³-hybridized carbons (Fsp3) is 0.933. The Kier molecular flexibility index (Phi) is 44.0. The standard InChI is InChI=1S/C12H25.3C11H22O2S.Sn/c1-3-5-7-9-11-12-10-8-6-4-2;3*1-2-3-4-5-6-7-8-9-14-10-11(12)13;/h1,3-12H2,2H3;3*2-10H2,1H3,(H,12,13);/q;;;;+3/p-3. The Morgan fingerprint density at radius 2 is 0.545 bits per heavy atom. The molecule has 0 aromatic carbocycles. The first-order valence-electron chi connectivity index (χ1n) is 23.3. The van der Waals surface area contributed by atoms with Crippen LogP contribution in [0.15, 0.2) is 0 Å². The van der Waals surface area contributed by atoms with Gasteiger partial charge in [0, 0.05) is 0 Å². The zero-order valence-electron chi connectivity index (χ0n) is 36.5. The summed E-state index contributed by atoms with van der Waals surface area (Å²) < 4.78 is 18.9. The average Bonchev–Trinajstić information content (AvgIpc) is 3.16. The van der Waals surface area contributed by atoms with E-state index in [9.17, 15) is 14.4 Å². The summed E-state index contributed by atoms with van der Waals surface area (Å²) in [5.74, 6) is 2.08. The van der Waals surface area contributed by atoms with Gasteiger partial charge in [-0.2, -0.15) is 0 Å². The summed E-state index contributed by atoms with van der Waals surface area (Å²) in [5.41, 5.74) is 0. The van der Waals surface area contributed by atoms with Crippen molar-refractivity contribution in [1.82, 2.24) is 0 Å². The molecule has 6 nitrogen and oxygen atoms in total. The zero-order chi connectivity index (χ0) is 40.3. The molecule has 10 heteroatoms. The van der Waals surface area contributed by atoms with Crippen LogP contribution in [0.2, 0.25) is 4.44 Å². The van der Waals surface area contributed by atoms with Crippen LogP contribution in [0.3, 0.4) is 0 Å². The van der Waals surface area contributed by atoms with E-state index in [2.05, 4.69) is 27.7 Å². The summed E-state index contributed by atoms with van der Waals surface area (Å²) in [6, 6.07) is 0. The van der Waals surface area contributed by atoms with Crippen LogP contribution in [0, 0.1) is 0 Å². The molecule has 55 heavy (non-hydrogen) atoms. The van der Waals surface area contributed by atoms with Crippen LogP contribution in [-0.2, 0) is 23.6 Å². The Bertz CT molecular complexity index is 776. The van der Waals surface area contributed by atoms with E-state index in [4.69, 9.17) is 9.22 Å². The Morgan fingerprint density at radius 1 is 0.327 bits per heavy atom. The molecule has 0 spiro atoms. The van der Waals surface area contributed by atoms with E-state index < -0.39 is 37.5 Å². The van der Waals surface area contributed by atoms with Crippen molar-refractivity contribution in [3.63, 3.8) is 0 Å². The summed E-state index contributed by atoms with van der Waals surface area (Å²) in [4.78, 5) is 40.1. The molecule has 0 aliphatic rings. The van der Waals surface area contributed by atoms with Crippen LogP contribution in [0.25, 0.3) is 0 Å². The number of carbonyl (C=O) groups excluding carboxylic acids is 3. The molecule has 326 valence electrons. The van der Waals surface area contributed by atoms with E-state index in [-0.39, 0.29) is 17.3 Å². The molecule has 0 N–H and O–H groups in total. The van der Waals surface area contributed by atoms with Crippen molar-refractivity contribution in [1.29, 1.82) is 0 Å². The SMILES string of the molecule is CCCCCCCCCCC[CH2][Sn]([O]C(=O)CSCCCCCCCCC)([O]C(=O)CSCCCCCCCCC)[O]C(=O)CSCCCCCCCCC. The smallest absolute Gasteiger partial charge is 0.0654 e. The Labute approximate surface area is 359 Å². The Hall–Kier alpha value is 0.259. The molecule has 0 heterocycles. The number of rotatable bonds is 44. The van der Waals surface area contributed by atoms with Gasteiger partial charge < -0.3 is 0 Å². The van der Waals surface area contributed by atoms with E-state index in [1.54, 1.807) is 35.3 Å². The van der Waals surface area contributed by atoms with Crippen LogP contribution < -0.4 is 0 Å². The van der Waals surface area contributed by atoms with Crippen LogP contribution in [-0.4, -0.2) is 72.0 Å². The number of thioether (sulfide) groups is 3. The second-order valence-electron chi connectivity index (χ2n) is 15.6. The molecule has 0 saturated heterocycles. The van der Waals surface area contributed by atoms with Gasteiger partial charge in [0.25, 0.3) is 0 Å². The summed E-state index contributed by atoms with van der Waals surface area (Å²) in [6.07, 6.45) is 37.6. The van der Waals surface area contributed by atoms with Gasteiger partial charge in [-0.15, -0.1) is 0 Å². The summed E-state index contributed by atoms with van der Waals surface area (Å²) >= 11 is -0.206. The minimum absolute atomic E-state index is 0.196. The van der Waals surface area contributed by atoms with Gasteiger partial charge in [-0.1, -0.05) is 20.8 Å². The molecule has 0 rings (SSSR count). The molecule has 0 radical (unpaired) electrons. The molecule has 0 aliphatic heterocycles. The molecular formula is C45H88O6S3Sn. The minimum atomic E-state index is -4.94. The van der Waals surface area contributed by atoms with Crippen molar-refractivity contribution in [2.24, 2.45) is 0 Å². The quantitative estimate of drug-likeness (QED) is 0.0438. The first-order chi connectivity index (χ1) is 26.9. The number of carbonyl (C=O) groups is 3. The maximum atomic E-state index is 13.4. The normalized spacial score (nSPS) is 11.6. The monoisotopic (exact) mass is 940 g/mol. The predicted molar refractivity (Wildman–Crippen MR) is 247 cm³/mol. The first-order valence-corrected chi connectivity index (χ1v) is 32.3. The number of hydrogen-bond donors (Lipinski definition) is 0. The molecular weight excluding hydrogens is 851 g/mol. The fourth-order valence-electron chi connectivity index (χ4n) is 6.60. The molecule has 0 aliphatic carbocycles. The fourth-order valence-corrected chi connectivity index (χ4v) is 16.6. The van der Waals surface area contributed by atoms with Crippen LogP contribution in [0.5, 0.6) is 0 Å². The summed E-state index contributed by atoms with van der Waals surface area (Å²) in [6.45, 7) is 8.96. The Balaban J connectivity index is 5.36. The van der Waals surface area contributed by atoms with Crippen molar-refractivity contribution in [2.45, 2.75) is 231 Å². The van der Waals surface area contributed by atoms with Gasteiger partial charge in [-0.05, 0) is 0 Å². The molecule has 0 fully saturated rings. The molecule has 0 aromatic heterocycles. The molecule has 0 unspecified atom stereocenters. The number of hydrogen-bond acceptors (Lipinski definition) is 9. The van der Waals surface area contributed by atoms with Crippen LogP contribution in [0.1, 0.15) is 227 Å². The molecule has 0 saturated carbocycles. The van der Waals surface area contributed by atoms with E-state index in [1.165, 1.54) is 161 Å². The van der Waals surface area contributed by atoms with Gasteiger partial charge in [0.1, 0.15) is 0 Å². The third-order valence-electron chi connectivity index (χ3n) is 9.98. The molecule has 0 amide bonds.